The van der Waals surface area contributed by atoms with Gasteiger partial charge in [0, 0.05) is 17.8 Å². The molecule has 1 N–H and O–H groups in total. The molecule has 7 heteroatoms. The van der Waals surface area contributed by atoms with Crippen molar-refractivity contribution in [3.63, 3.8) is 0 Å². The fourth-order valence-electron chi connectivity index (χ4n) is 0.915. The number of hydrogen-bond donors (Lipinski definition) is 1. The van der Waals surface area contributed by atoms with Crippen molar-refractivity contribution in [2.24, 2.45) is 0 Å². The predicted octanol–water partition coefficient (Wildman–Crippen LogP) is 1.66. The van der Waals surface area contributed by atoms with Crippen LogP contribution in [-0.4, -0.2) is 20.1 Å². The molecule has 0 fully saturated rings. The predicted molar refractivity (Wildman–Crippen MR) is 56.9 cm³/mol. The second-order valence-corrected chi connectivity index (χ2v) is 4.53. The summed E-state index contributed by atoms with van der Waals surface area (Å²) in [4.78, 5) is 0. The summed E-state index contributed by atoms with van der Waals surface area (Å²) in [6.07, 6.45) is 0. The van der Waals surface area contributed by atoms with Crippen LogP contribution in [0.2, 0.25) is 0 Å². The normalized spacial score (nSPS) is 11.3. The number of methoxy groups -OCH3 is 1. The summed E-state index contributed by atoms with van der Waals surface area (Å²) in [6, 6.07) is 7.10. The summed E-state index contributed by atoms with van der Waals surface area (Å²) in [5.74, 6) is 0.983. The highest BCUT2D eigenvalue weighted by molar-refractivity contribution is 8.02. The van der Waals surface area contributed by atoms with Crippen LogP contribution >= 0.6 is 12.0 Å². The zero-order chi connectivity index (χ0) is 11.3. The van der Waals surface area contributed by atoms with Crippen molar-refractivity contribution in [1.29, 1.82) is 0 Å². The molecule has 0 aliphatic rings. The molecule has 84 valence electrons. The maximum atomic E-state index is 10.2. The third kappa shape index (κ3) is 5.03. The minimum absolute atomic E-state index is 0.303. The first-order chi connectivity index (χ1) is 7.01. The van der Waals surface area contributed by atoms with E-state index in [1.807, 2.05) is 0 Å². The molecule has 1 aromatic rings. The smallest absolute Gasteiger partial charge is 0.408 e. The highest BCUT2D eigenvalue weighted by Crippen LogP contribution is 2.19. The van der Waals surface area contributed by atoms with E-state index in [9.17, 15) is 8.42 Å². The minimum atomic E-state index is -4.38. The number of benzene rings is 1. The molecular weight excluding hydrogens is 240 g/mol. The van der Waals surface area contributed by atoms with E-state index in [2.05, 4.69) is 3.63 Å². The van der Waals surface area contributed by atoms with E-state index >= 15 is 0 Å². The van der Waals surface area contributed by atoms with Gasteiger partial charge in [-0.1, -0.05) is 12.1 Å². The van der Waals surface area contributed by atoms with Crippen LogP contribution < -0.4 is 4.74 Å². The molecule has 0 aromatic heterocycles. The fourth-order valence-corrected chi connectivity index (χ4v) is 1.91. The average Bonchev–Trinajstić information content (AvgIpc) is 2.16. The van der Waals surface area contributed by atoms with Crippen molar-refractivity contribution in [3.05, 3.63) is 29.8 Å². The third-order valence-corrected chi connectivity index (χ3v) is 3.02. The third-order valence-electron chi connectivity index (χ3n) is 1.49. The Morgan fingerprint density at radius 3 is 2.80 bits per heavy atom. The maximum absolute atomic E-state index is 10.2. The van der Waals surface area contributed by atoms with Gasteiger partial charge in [-0.15, -0.1) is 0 Å². The Bertz CT molecular complexity index is 415. The van der Waals surface area contributed by atoms with Crippen LogP contribution in [0, 0.1) is 0 Å². The van der Waals surface area contributed by atoms with Crippen LogP contribution in [-0.2, 0) is 19.8 Å². The Hall–Kier alpha value is -0.760. The average molecular weight is 250 g/mol. The minimum Gasteiger partial charge on any atom is -0.497 e. The zero-order valence-corrected chi connectivity index (χ0v) is 9.55. The summed E-state index contributed by atoms with van der Waals surface area (Å²) < 4.78 is 37.9. The van der Waals surface area contributed by atoms with E-state index in [1.165, 1.54) is 0 Å². The Morgan fingerprint density at radius 1 is 1.47 bits per heavy atom. The first kappa shape index (κ1) is 12.3. The first-order valence-corrected chi connectivity index (χ1v) is 6.20. The molecule has 5 nitrogen and oxygen atoms in total. The van der Waals surface area contributed by atoms with Crippen molar-refractivity contribution in [3.8, 4) is 5.75 Å². The Labute approximate surface area is 92.6 Å². The lowest BCUT2D eigenvalue weighted by atomic mass is 10.2. The monoisotopic (exact) mass is 250 g/mol. The van der Waals surface area contributed by atoms with Crippen molar-refractivity contribution in [2.45, 2.75) is 5.75 Å². The second-order valence-electron chi connectivity index (χ2n) is 2.61. The van der Waals surface area contributed by atoms with E-state index in [1.54, 1.807) is 31.4 Å². The molecule has 0 aliphatic carbocycles. The molecule has 0 bridgehead atoms. The highest BCUT2D eigenvalue weighted by Gasteiger charge is 2.05. The summed E-state index contributed by atoms with van der Waals surface area (Å²) >= 11 is 0.639. The molecule has 0 aliphatic heterocycles. The van der Waals surface area contributed by atoms with Gasteiger partial charge in [-0.2, -0.15) is 12.0 Å². The Morgan fingerprint density at radius 2 is 2.20 bits per heavy atom. The quantitative estimate of drug-likeness (QED) is 0.633. The molecule has 15 heavy (non-hydrogen) atoms. The van der Waals surface area contributed by atoms with E-state index in [4.69, 9.17) is 9.29 Å². The van der Waals surface area contributed by atoms with Crippen LogP contribution in [0.1, 0.15) is 5.56 Å². The summed E-state index contributed by atoms with van der Waals surface area (Å²) in [7, 11) is -2.84. The molecule has 0 unspecified atom stereocenters. The van der Waals surface area contributed by atoms with Crippen LogP contribution in [0.25, 0.3) is 0 Å². The molecule has 0 spiro atoms. The lowest BCUT2D eigenvalue weighted by molar-refractivity contribution is 0.407. The summed E-state index contributed by atoms with van der Waals surface area (Å²) in [6.45, 7) is 0. The topological polar surface area (TPSA) is 72.8 Å². The van der Waals surface area contributed by atoms with Gasteiger partial charge in [-0.25, -0.2) is 0 Å². The van der Waals surface area contributed by atoms with Crippen molar-refractivity contribution in [1.82, 2.24) is 0 Å². The standard InChI is InChI=1S/C8H10O5S2/c1-12-8-4-2-3-7(5-8)6-14-13-15(9,10)11/h2-5H,6H2,1H3,(H,9,10,11). The number of ether oxygens (including phenoxy) is 1. The molecule has 0 saturated heterocycles. The van der Waals surface area contributed by atoms with Gasteiger partial charge < -0.3 is 4.74 Å². The van der Waals surface area contributed by atoms with Gasteiger partial charge in [0.05, 0.1) is 7.11 Å². The molecule has 0 atom stereocenters. The van der Waals surface area contributed by atoms with Gasteiger partial charge in [-0.05, 0) is 17.7 Å². The summed E-state index contributed by atoms with van der Waals surface area (Å²) in [5.41, 5.74) is 0.836. The number of hydrogen-bond acceptors (Lipinski definition) is 5. The van der Waals surface area contributed by atoms with Crippen molar-refractivity contribution in [2.75, 3.05) is 7.11 Å². The summed E-state index contributed by atoms with van der Waals surface area (Å²) in [5, 5.41) is 0. The van der Waals surface area contributed by atoms with E-state index in [0.29, 0.717) is 23.5 Å². The molecule has 0 amide bonds. The maximum Gasteiger partial charge on any atom is 0.408 e. The SMILES string of the molecule is COc1cccc(CSOS(=O)(=O)O)c1. The van der Waals surface area contributed by atoms with E-state index in [-0.39, 0.29) is 0 Å². The molecule has 1 rings (SSSR count). The van der Waals surface area contributed by atoms with Crippen LogP contribution in [0.15, 0.2) is 24.3 Å². The molecule has 0 radical (unpaired) electrons. The van der Waals surface area contributed by atoms with Crippen LogP contribution in [0.3, 0.4) is 0 Å². The lowest BCUT2D eigenvalue weighted by Crippen LogP contribution is -1.97. The zero-order valence-electron chi connectivity index (χ0n) is 7.91. The Balaban J connectivity index is 2.51. The first-order valence-electron chi connectivity index (χ1n) is 3.93. The van der Waals surface area contributed by atoms with Crippen LogP contribution in [0.4, 0.5) is 0 Å². The van der Waals surface area contributed by atoms with Gasteiger partial charge in [0.15, 0.2) is 0 Å². The van der Waals surface area contributed by atoms with E-state index in [0.717, 1.165) is 5.56 Å². The largest absolute Gasteiger partial charge is 0.497 e. The van der Waals surface area contributed by atoms with Crippen LogP contribution in [0.5, 0.6) is 5.75 Å². The van der Waals surface area contributed by atoms with Gasteiger partial charge in [0.1, 0.15) is 5.75 Å². The fraction of sp³-hybridized carbons (Fsp3) is 0.250. The molecule has 0 saturated carbocycles. The van der Waals surface area contributed by atoms with Gasteiger partial charge in [0.25, 0.3) is 0 Å². The van der Waals surface area contributed by atoms with Crippen molar-refractivity contribution >= 4 is 22.4 Å². The van der Waals surface area contributed by atoms with E-state index < -0.39 is 10.4 Å². The molecular formula is C8H10O5S2. The van der Waals surface area contributed by atoms with Gasteiger partial charge >= 0.3 is 10.4 Å². The molecule has 0 heterocycles. The van der Waals surface area contributed by atoms with Gasteiger partial charge in [-0.3, -0.25) is 4.55 Å². The second kappa shape index (κ2) is 5.36. The van der Waals surface area contributed by atoms with Gasteiger partial charge in [0.2, 0.25) is 0 Å². The number of rotatable bonds is 5. The lowest BCUT2D eigenvalue weighted by Gasteiger charge is -2.02. The Kier molecular flexibility index (Phi) is 4.40. The highest BCUT2D eigenvalue weighted by atomic mass is 32.3. The molecule has 1 aromatic carbocycles. The van der Waals surface area contributed by atoms with Crippen molar-refractivity contribution < 1.29 is 21.3 Å².